The standard InChI is InChI=1S/C22H28N2O2/c1-4-17(2)23-22(26)18(3)24(16-20-13-9-6-10-14-20)21(25)15-19-11-7-5-8-12-19/h5-14,17-18H,4,15-16H2,1-3H3,(H,23,26)/t17-,18+/m0/s1. The van der Waals surface area contributed by atoms with Crippen molar-refractivity contribution in [3.8, 4) is 0 Å². The topological polar surface area (TPSA) is 49.4 Å². The predicted octanol–water partition coefficient (Wildman–Crippen LogP) is 3.56. The van der Waals surface area contributed by atoms with Crippen molar-refractivity contribution in [2.24, 2.45) is 0 Å². The van der Waals surface area contributed by atoms with E-state index in [0.717, 1.165) is 17.5 Å². The SMILES string of the molecule is CC[C@H](C)NC(=O)[C@@H](C)N(Cc1ccccc1)C(=O)Cc1ccccc1. The molecular formula is C22H28N2O2. The summed E-state index contributed by atoms with van der Waals surface area (Å²) in [6.07, 6.45) is 1.14. The fourth-order valence-corrected chi connectivity index (χ4v) is 2.70. The maximum Gasteiger partial charge on any atom is 0.242 e. The minimum Gasteiger partial charge on any atom is -0.352 e. The van der Waals surface area contributed by atoms with E-state index in [1.165, 1.54) is 0 Å². The molecule has 0 unspecified atom stereocenters. The minimum absolute atomic E-state index is 0.0492. The van der Waals surface area contributed by atoms with Crippen molar-refractivity contribution < 1.29 is 9.59 Å². The van der Waals surface area contributed by atoms with Crippen LogP contribution in [-0.4, -0.2) is 28.8 Å². The van der Waals surface area contributed by atoms with Gasteiger partial charge in [-0.05, 0) is 31.4 Å². The molecule has 1 N–H and O–H groups in total. The summed E-state index contributed by atoms with van der Waals surface area (Å²) in [5.74, 6) is -0.163. The Morgan fingerprint density at radius 2 is 1.46 bits per heavy atom. The van der Waals surface area contributed by atoms with Gasteiger partial charge in [-0.3, -0.25) is 9.59 Å². The lowest BCUT2D eigenvalue weighted by molar-refractivity contribution is -0.140. The number of hydrogen-bond donors (Lipinski definition) is 1. The number of nitrogens with one attached hydrogen (secondary N) is 1. The third-order valence-corrected chi connectivity index (χ3v) is 4.56. The average Bonchev–Trinajstić information content (AvgIpc) is 2.66. The summed E-state index contributed by atoms with van der Waals surface area (Å²) >= 11 is 0. The molecule has 2 aromatic rings. The van der Waals surface area contributed by atoms with Crippen molar-refractivity contribution in [2.75, 3.05) is 0 Å². The van der Waals surface area contributed by atoms with Gasteiger partial charge < -0.3 is 10.2 Å². The molecule has 2 atom stereocenters. The second-order valence-electron chi connectivity index (χ2n) is 6.66. The second kappa shape index (κ2) is 9.76. The maximum atomic E-state index is 13.0. The Morgan fingerprint density at radius 3 is 2.00 bits per heavy atom. The largest absolute Gasteiger partial charge is 0.352 e. The molecule has 0 fully saturated rings. The Balaban J connectivity index is 2.17. The van der Waals surface area contributed by atoms with E-state index in [2.05, 4.69) is 5.32 Å². The van der Waals surface area contributed by atoms with Crippen molar-refractivity contribution >= 4 is 11.8 Å². The molecule has 26 heavy (non-hydrogen) atoms. The third kappa shape index (κ3) is 5.73. The van der Waals surface area contributed by atoms with Crippen molar-refractivity contribution in [1.29, 1.82) is 0 Å². The fourth-order valence-electron chi connectivity index (χ4n) is 2.70. The summed E-state index contributed by atoms with van der Waals surface area (Å²) in [6.45, 7) is 6.21. The zero-order chi connectivity index (χ0) is 18.9. The summed E-state index contributed by atoms with van der Waals surface area (Å²) in [5.41, 5.74) is 1.96. The summed E-state index contributed by atoms with van der Waals surface area (Å²) in [4.78, 5) is 27.2. The zero-order valence-electron chi connectivity index (χ0n) is 15.8. The Labute approximate surface area is 156 Å². The number of hydrogen-bond acceptors (Lipinski definition) is 2. The Morgan fingerprint density at radius 1 is 0.923 bits per heavy atom. The van der Waals surface area contributed by atoms with E-state index in [0.29, 0.717) is 6.54 Å². The molecule has 2 rings (SSSR count). The molecule has 2 aromatic carbocycles. The monoisotopic (exact) mass is 352 g/mol. The first-order chi connectivity index (χ1) is 12.5. The molecule has 138 valence electrons. The Hall–Kier alpha value is -2.62. The smallest absolute Gasteiger partial charge is 0.242 e. The van der Waals surface area contributed by atoms with E-state index in [-0.39, 0.29) is 24.3 Å². The van der Waals surface area contributed by atoms with Crippen LogP contribution in [0.25, 0.3) is 0 Å². The van der Waals surface area contributed by atoms with E-state index in [1.807, 2.05) is 74.5 Å². The molecule has 0 aliphatic rings. The van der Waals surface area contributed by atoms with E-state index in [4.69, 9.17) is 0 Å². The molecule has 0 saturated heterocycles. The molecular weight excluding hydrogens is 324 g/mol. The van der Waals surface area contributed by atoms with Crippen LogP contribution in [0.15, 0.2) is 60.7 Å². The highest BCUT2D eigenvalue weighted by Gasteiger charge is 2.26. The Kier molecular flexibility index (Phi) is 7.39. The van der Waals surface area contributed by atoms with Crippen molar-refractivity contribution in [3.63, 3.8) is 0 Å². The molecule has 0 spiro atoms. The number of carbonyl (C=O) groups is 2. The number of nitrogens with zero attached hydrogens (tertiary/aromatic N) is 1. The summed E-state index contributed by atoms with van der Waals surface area (Å²) in [7, 11) is 0. The molecule has 0 aliphatic heterocycles. The van der Waals surface area contributed by atoms with Gasteiger partial charge in [0.15, 0.2) is 0 Å². The fraction of sp³-hybridized carbons (Fsp3) is 0.364. The quantitative estimate of drug-likeness (QED) is 0.790. The van der Waals surface area contributed by atoms with Gasteiger partial charge in [0.25, 0.3) is 0 Å². The first-order valence-electron chi connectivity index (χ1n) is 9.19. The maximum absolute atomic E-state index is 13.0. The van der Waals surface area contributed by atoms with Gasteiger partial charge in [0, 0.05) is 12.6 Å². The molecule has 0 heterocycles. The van der Waals surface area contributed by atoms with Gasteiger partial charge in [-0.15, -0.1) is 0 Å². The van der Waals surface area contributed by atoms with E-state index in [1.54, 1.807) is 11.8 Å². The van der Waals surface area contributed by atoms with Crippen LogP contribution in [0.1, 0.15) is 38.3 Å². The number of rotatable bonds is 8. The van der Waals surface area contributed by atoms with Crippen molar-refractivity contribution in [2.45, 2.75) is 52.2 Å². The van der Waals surface area contributed by atoms with Gasteiger partial charge in [0.05, 0.1) is 6.42 Å². The average molecular weight is 352 g/mol. The highest BCUT2D eigenvalue weighted by atomic mass is 16.2. The van der Waals surface area contributed by atoms with Crippen LogP contribution in [0.2, 0.25) is 0 Å². The van der Waals surface area contributed by atoms with Crippen LogP contribution >= 0.6 is 0 Å². The molecule has 0 radical (unpaired) electrons. The van der Waals surface area contributed by atoms with Gasteiger partial charge in [-0.1, -0.05) is 67.6 Å². The number of benzene rings is 2. The molecule has 0 aliphatic carbocycles. The van der Waals surface area contributed by atoms with Crippen LogP contribution < -0.4 is 5.32 Å². The lowest BCUT2D eigenvalue weighted by Crippen LogP contribution is -2.49. The van der Waals surface area contributed by atoms with Crippen LogP contribution in [0.4, 0.5) is 0 Å². The van der Waals surface area contributed by atoms with Gasteiger partial charge in [0.2, 0.25) is 11.8 Å². The van der Waals surface area contributed by atoms with Crippen molar-refractivity contribution in [1.82, 2.24) is 10.2 Å². The second-order valence-corrected chi connectivity index (χ2v) is 6.66. The highest BCUT2D eigenvalue weighted by Crippen LogP contribution is 2.12. The number of amides is 2. The van der Waals surface area contributed by atoms with Crippen LogP contribution in [0.3, 0.4) is 0 Å². The van der Waals surface area contributed by atoms with Crippen LogP contribution in [0, 0.1) is 0 Å². The number of carbonyl (C=O) groups excluding carboxylic acids is 2. The molecule has 0 bridgehead atoms. The van der Waals surface area contributed by atoms with E-state index < -0.39 is 6.04 Å². The lowest BCUT2D eigenvalue weighted by atomic mass is 10.1. The molecule has 4 nitrogen and oxygen atoms in total. The highest BCUT2D eigenvalue weighted by molar-refractivity contribution is 5.88. The first-order valence-corrected chi connectivity index (χ1v) is 9.19. The third-order valence-electron chi connectivity index (χ3n) is 4.56. The van der Waals surface area contributed by atoms with E-state index in [9.17, 15) is 9.59 Å². The van der Waals surface area contributed by atoms with Crippen LogP contribution in [-0.2, 0) is 22.6 Å². The van der Waals surface area contributed by atoms with Gasteiger partial charge in [-0.2, -0.15) is 0 Å². The first kappa shape index (κ1) is 19.7. The van der Waals surface area contributed by atoms with E-state index >= 15 is 0 Å². The van der Waals surface area contributed by atoms with Crippen molar-refractivity contribution in [3.05, 3.63) is 71.8 Å². The molecule has 0 saturated carbocycles. The summed E-state index contributed by atoms with van der Waals surface area (Å²) in [6, 6.07) is 19.0. The van der Waals surface area contributed by atoms with Crippen LogP contribution in [0.5, 0.6) is 0 Å². The molecule has 4 heteroatoms. The Bertz CT molecular complexity index is 701. The summed E-state index contributed by atoms with van der Waals surface area (Å²) < 4.78 is 0. The van der Waals surface area contributed by atoms with Gasteiger partial charge >= 0.3 is 0 Å². The van der Waals surface area contributed by atoms with Gasteiger partial charge in [-0.25, -0.2) is 0 Å². The molecule has 0 aromatic heterocycles. The lowest BCUT2D eigenvalue weighted by Gasteiger charge is -2.29. The zero-order valence-corrected chi connectivity index (χ0v) is 15.8. The summed E-state index contributed by atoms with van der Waals surface area (Å²) in [5, 5.41) is 2.98. The molecule has 2 amide bonds. The minimum atomic E-state index is -0.527. The normalized spacial score (nSPS) is 12.9. The van der Waals surface area contributed by atoms with Gasteiger partial charge in [0.1, 0.15) is 6.04 Å². The predicted molar refractivity (Wildman–Crippen MR) is 104 cm³/mol.